The number of methoxy groups -OCH3 is 1. The van der Waals surface area contributed by atoms with Gasteiger partial charge < -0.3 is 10.1 Å². The summed E-state index contributed by atoms with van der Waals surface area (Å²) >= 11 is 0. The van der Waals surface area contributed by atoms with Gasteiger partial charge in [0, 0.05) is 6.42 Å². The van der Waals surface area contributed by atoms with Crippen molar-refractivity contribution in [2.45, 2.75) is 19.3 Å². The first-order valence-corrected chi connectivity index (χ1v) is 6.01. The molecule has 1 amide bonds. The van der Waals surface area contributed by atoms with Crippen LogP contribution < -0.4 is 5.32 Å². The molecular weight excluding hydrogens is 246 g/mol. The Balaban J connectivity index is 2.23. The third kappa shape index (κ3) is 6.35. The van der Waals surface area contributed by atoms with E-state index in [-0.39, 0.29) is 37.5 Å². The van der Waals surface area contributed by atoms with E-state index in [9.17, 15) is 14.4 Å². The fraction of sp³-hybridized carbons (Fsp3) is 0.357. The van der Waals surface area contributed by atoms with E-state index in [1.807, 2.05) is 30.3 Å². The Morgan fingerprint density at radius 3 is 2.42 bits per heavy atom. The SMILES string of the molecule is COC(=O)CCC(=O)CNC(=O)Cc1ccccc1. The van der Waals surface area contributed by atoms with Gasteiger partial charge >= 0.3 is 5.97 Å². The summed E-state index contributed by atoms with van der Waals surface area (Å²) in [6.45, 7) is -0.0529. The van der Waals surface area contributed by atoms with Gasteiger partial charge in [0.1, 0.15) is 0 Å². The lowest BCUT2D eigenvalue weighted by molar-refractivity contribution is -0.141. The molecule has 1 N–H and O–H groups in total. The molecule has 0 aromatic heterocycles. The summed E-state index contributed by atoms with van der Waals surface area (Å²) in [6.07, 6.45) is 0.368. The molecule has 0 aliphatic heterocycles. The van der Waals surface area contributed by atoms with Crippen LogP contribution in [-0.4, -0.2) is 31.3 Å². The van der Waals surface area contributed by atoms with Gasteiger partial charge in [-0.1, -0.05) is 30.3 Å². The summed E-state index contributed by atoms with van der Waals surface area (Å²) in [4.78, 5) is 33.8. The number of carbonyl (C=O) groups is 3. The van der Waals surface area contributed by atoms with Crippen LogP contribution in [-0.2, 0) is 25.5 Å². The predicted molar refractivity (Wildman–Crippen MR) is 69.4 cm³/mol. The summed E-state index contributed by atoms with van der Waals surface area (Å²) in [5.41, 5.74) is 0.891. The maximum Gasteiger partial charge on any atom is 0.305 e. The third-order valence-electron chi connectivity index (χ3n) is 2.53. The molecule has 0 fully saturated rings. The van der Waals surface area contributed by atoms with Gasteiger partial charge in [-0.2, -0.15) is 0 Å². The Kier molecular flexibility index (Phi) is 6.29. The van der Waals surface area contributed by atoms with Gasteiger partial charge in [-0.15, -0.1) is 0 Å². The van der Waals surface area contributed by atoms with Crippen molar-refractivity contribution in [2.24, 2.45) is 0 Å². The van der Waals surface area contributed by atoms with Crippen molar-refractivity contribution in [1.82, 2.24) is 5.32 Å². The van der Waals surface area contributed by atoms with Crippen LogP contribution in [0.15, 0.2) is 30.3 Å². The molecule has 0 bridgehead atoms. The number of benzene rings is 1. The van der Waals surface area contributed by atoms with Gasteiger partial charge in [-0.3, -0.25) is 14.4 Å². The minimum absolute atomic E-state index is 0.0455. The monoisotopic (exact) mass is 263 g/mol. The number of hydrogen-bond donors (Lipinski definition) is 1. The van der Waals surface area contributed by atoms with Crippen LogP contribution in [0.5, 0.6) is 0 Å². The van der Waals surface area contributed by atoms with E-state index in [4.69, 9.17) is 0 Å². The lowest BCUT2D eigenvalue weighted by atomic mass is 10.1. The summed E-state index contributed by atoms with van der Waals surface area (Å²) in [7, 11) is 1.27. The molecule has 0 saturated heterocycles. The fourth-order valence-corrected chi connectivity index (χ4v) is 1.47. The average molecular weight is 263 g/mol. The van der Waals surface area contributed by atoms with E-state index < -0.39 is 5.97 Å². The number of Topliss-reactive ketones (excluding diaryl/α,β-unsaturated/α-hetero) is 1. The highest BCUT2D eigenvalue weighted by Gasteiger charge is 2.09. The first-order chi connectivity index (χ1) is 9.11. The molecule has 5 heteroatoms. The van der Waals surface area contributed by atoms with Crippen LogP contribution in [0, 0.1) is 0 Å². The zero-order valence-corrected chi connectivity index (χ0v) is 10.8. The molecule has 0 aliphatic carbocycles. The molecule has 0 atom stereocenters. The van der Waals surface area contributed by atoms with Crippen LogP contribution in [0.4, 0.5) is 0 Å². The highest BCUT2D eigenvalue weighted by atomic mass is 16.5. The smallest absolute Gasteiger partial charge is 0.305 e. The minimum Gasteiger partial charge on any atom is -0.469 e. The van der Waals surface area contributed by atoms with Crippen molar-refractivity contribution in [3.05, 3.63) is 35.9 Å². The van der Waals surface area contributed by atoms with Crippen LogP contribution in [0.25, 0.3) is 0 Å². The van der Waals surface area contributed by atoms with Crippen LogP contribution >= 0.6 is 0 Å². The Morgan fingerprint density at radius 2 is 1.79 bits per heavy atom. The highest BCUT2D eigenvalue weighted by molar-refractivity contribution is 5.88. The van der Waals surface area contributed by atoms with Crippen molar-refractivity contribution in [2.75, 3.05) is 13.7 Å². The quantitative estimate of drug-likeness (QED) is 0.741. The number of rotatable bonds is 7. The summed E-state index contributed by atoms with van der Waals surface area (Å²) < 4.78 is 4.43. The highest BCUT2D eigenvalue weighted by Crippen LogP contribution is 1.99. The number of amides is 1. The molecule has 19 heavy (non-hydrogen) atoms. The number of ketones is 1. The largest absolute Gasteiger partial charge is 0.469 e. The van der Waals surface area contributed by atoms with E-state index >= 15 is 0 Å². The molecule has 0 radical (unpaired) electrons. The second-order valence-electron chi connectivity index (χ2n) is 4.05. The molecule has 0 heterocycles. The molecule has 102 valence electrons. The molecule has 5 nitrogen and oxygen atoms in total. The average Bonchev–Trinajstić information content (AvgIpc) is 2.43. The number of hydrogen-bond acceptors (Lipinski definition) is 4. The van der Waals surface area contributed by atoms with E-state index in [1.54, 1.807) is 0 Å². The van der Waals surface area contributed by atoms with Crippen LogP contribution in [0.1, 0.15) is 18.4 Å². The third-order valence-corrected chi connectivity index (χ3v) is 2.53. The Morgan fingerprint density at radius 1 is 1.11 bits per heavy atom. The van der Waals surface area contributed by atoms with Gasteiger partial charge in [-0.05, 0) is 5.56 Å². The van der Waals surface area contributed by atoms with Crippen molar-refractivity contribution in [3.63, 3.8) is 0 Å². The second-order valence-corrected chi connectivity index (χ2v) is 4.05. The molecule has 1 aromatic carbocycles. The van der Waals surface area contributed by atoms with Crippen molar-refractivity contribution in [1.29, 1.82) is 0 Å². The molecule has 1 aromatic rings. The molecule has 0 aliphatic rings. The summed E-state index contributed by atoms with van der Waals surface area (Å²) in [6, 6.07) is 9.27. The maximum absolute atomic E-state index is 11.6. The first kappa shape index (κ1) is 14.9. The zero-order valence-electron chi connectivity index (χ0n) is 10.8. The van der Waals surface area contributed by atoms with E-state index in [0.717, 1.165) is 5.56 Å². The van der Waals surface area contributed by atoms with Crippen molar-refractivity contribution < 1.29 is 19.1 Å². The topological polar surface area (TPSA) is 72.5 Å². The Labute approximate surface area is 111 Å². The fourth-order valence-electron chi connectivity index (χ4n) is 1.47. The Hall–Kier alpha value is -2.17. The number of ether oxygens (including phenoxy) is 1. The van der Waals surface area contributed by atoms with E-state index in [0.29, 0.717) is 0 Å². The molecule has 0 unspecified atom stereocenters. The van der Waals surface area contributed by atoms with Crippen molar-refractivity contribution >= 4 is 17.7 Å². The molecule has 1 rings (SSSR count). The number of nitrogens with one attached hydrogen (secondary N) is 1. The number of carbonyl (C=O) groups excluding carboxylic acids is 3. The second kappa shape index (κ2) is 8.02. The standard InChI is InChI=1S/C14H17NO4/c1-19-14(18)8-7-12(16)10-15-13(17)9-11-5-3-2-4-6-11/h2-6H,7-10H2,1H3,(H,15,17). The first-order valence-electron chi connectivity index (χ1n) is 6.01. The number of esters is 1. The molecule has 0 spiro atoms. The van der Waals surface area contributed by atoms with E-state index in [1.165, 1.54) is 7.11 Å². The van der Waals surface area contributed by atoms with E-state index in [2.05, 4.69) is 10.1 Å². The predicted octanol–water partition coefficient (Wildman–Crippen LogP) is 0.868. The lowest BCUT2D eigenvalue weighted by Gasteiger charge is -2.04. The summed E-state index contributed by atoms with van der Waals surface area (Å²) in [5.74, 6) is -0.826. The normalized spacial score (nSPS) is 9.74. The van der Waals surface area contributed by atoms with Gasteiger partial charge in [0.05, 0.1) is 26.5 Å². The maximum atomic E-state index is 11.6. The van der Waals surface area contributed by atoms with Crippen LogP contribution in [0.3, 0.4) is 0 Å². The van der Waals surface area contributed by atoms with Gasteiger partial charge in [0.15, 0.2) is 5.78 Å². The Bertz CT molecular complexity index is 442. The van der Waals surface area contributed by atoms with Crippen LogP contribution in [0.2, 0.25) is 0 Å². The van der Waals surface area contributed by atoms with Gasteiger partial charge in [-0.25, -0.2) is 0 Å². The zero-order chi connectivity index (χ0) is 14.1. The summed E-state index contributed by atoms with van der Waals surface area (Å²) in [5, 5.41) is 2.53. The molecular formula is C14H17NO4. The minimum atomic E-state index is -0.427. The molecule has 0 saturated carbocycles. The van der Waals surface area contributed by atoms with Gasteiger partial charge in [0.25, 0.3) is 0 Å². The van der Waals surface area contributed by atoms with Crippen molar-refractivity contribution in [3.8, 4) is 0 Å². The van der Waals surface area contributed by atoms with Gasteiger partial charge in [0.2, 0.25) is 5.91 Å². The lowest BCUT2D eigenvalue weighted by Crippen LogP contribution is -2.30.